The summed E-state index contributed by atoms with van der Waals surface area (Å²) in [7, 11) is 0. The first kappa shape index (κ1) is 22.1. The molecule has 1 aliphatic rings. The molecule has 0 spiro atoms. The minimum atomic E-state index is -0.0297. The zero-order valence-electron chi connectivity index (χ0n) is 19.4. The minimum Gasteiger partial charge on any atom is -0.338 e. The zero-order chi connectivity index (χ0) is 22.8. The summed E-state index contributed by atoms with van der Waals surface area (Å²) in [6.07, 6.45) is 0.419. The second-order valence-corrected chi connectivity index (χ2v) is 9.19. The van der Waals surface area contributed by atoms with Gasteiger partial charge >= 0.3 is 0 Å². The fraction of sp³-hybridized carbons (Fsp3) is 0.423. The van der Waals surface area contributed by atoms with Crippen molar-refractivity contribution < 1.29 is 9.59 Å². The molecule has 6 heteroatoms. The van der Waals surface area contributed by atoms with Crippen molar-refractivity contribution in [3.63, 3.8) is 0 Å². The van der Waals surface area contributed by atoms with Crippen LogP contribution in [0.4, 0.5) is 0 Å². The number of carbonyl (C=O) groups is 2. The number of fused-ring (bicyclic) bond motifs is 1. The average Bonchev–Trinajstić information content (AvgIpc) is 3.29. The van der Waals surface area contributed by atoms with Crippen molar-refractivity contribution in [1.82, 2.24) is 19.4 Å². The summed E-state index contributed by atoms with van der Waals surface area (Å²) in [4.78, 5) is 34.8. The van der Waals surface area contributed by atoms with Crippen LogP contribution >= 0.6 is 0 Å². The second-order valence-electron chi connectivity index (χ2n) is 9.19. The van der Waals surface area contributed by atoms with Crippen LogP contribution in [0.15, 0.2) is 54.6 Å². The summed E-state index contributed by atoms with van der Waals surface area (Å²) < 4.78 is 2.03. The van der Waals surface area contributed by atoms with Crippen molar-refractivity contribution in [3.8, 4) is 0 Å². The van der Waals surface area contributed by atoms with Gasteiger partial charge in [0, 0.05) is 37.5 Å². The Labute approximate surface area is 189 Å². The van der Waals surface area contributed by atoms with Crippen LogP contribution in [-0.2, 0) is 22.7 Å². The summed E-state index contributed by atoms with van der Waals surface area (Å²) in [5.74, 6) is 1.01. The van der Waals surface area contributed by atoms with E-state index in [9.17, 15) is 9.59 Å². The second kappa shape index (κ2) is 9.15. The number of hydrogen-bond donors (Lipinski definition) is 0. The highest BCUT2D eigenvalue weighted by Gasteiger charge is 2.34. The van der Waals surface area contributed by atoms with Crippen LogP contribution in [0.5, 0.6) is 0 Å². The van der Waals surface area contributed by atoms with Gasteiger partial charge in [-0.15, -0.1) is 0 Å². The SMILES string of the molecule is CC(C)N(C(=O)Cn1c(C2CC(=O)N(Cc3ccccc3)C2)nc2ccccc21)C(C)C. The molecular weight excluding hydrogens is 400 g/mol. The van der Waals surface area contributed by atoms with E-state index in [1.807, 2.05) is 96.7 Å². The monoisotopic (exact) mass is 432 g/mol. The van der Waals surface area contributed by atoms with Crippen LogP contribution in [0, 0.1) is 0 Å². The molecule has 3 aromatic rings. The molecule has 6 nitrogen and oxygen atoms in total. The highest BCUT2D eigenvalue weighted by molar-refractivity contribution is 5.83. The van der Waals surface area contributed by atoms with Gasteiger partial charge in [-0.25, -0.2) is 4.98 Å². The Morgan fingerprint density at radius 3 is 2.38 bits per heavy atom. The Balaban J connectivity index is 1.63. The summed E-state index contributed by atoms with van der Waals surface area (Å²) in [6.45, 7) is 9.62. The first-order valence-electron chi connectivity index (χ1n) is 11.4. The van der Waals surface area contributed by atoms with Gasteiger partial charge < -0.3 is 14.4 Å². The molecule has 1 unspecified atom stereocenters. The molecule has 1 atom stereocenters. The van der Waals surface area contributed by atoms with Crippen LogP contribution in [0.2, 0.25) is 0 Å². The van der Waals surface area contributed by atoms with Crippen LogP contribution < -0.4 is 0 Å². The summed E-state index contributed by atoms with van der Waals surface area (Å²) in [6, 6.07) is 18.2. The normalized spacial score (nSPS) is 16.5. The standard InChI is InChI=1S/C26H32N4O2/c1-18(2)30(19(3)4)25(32)17-29-23-13-9-8-12-22(23)27-26(29)21-14-24(31)28(16-21)15-20-10-6-5-7-11-20/h5-13,18-19,21H,14-17H2,1-4H3. The van der Waals surface area contributed by atoms with E-state index in [2.05, 4.69) is 0 Å². The maximum absolute atomic E-state index is 13.3. The van der Waals surface area contributed by atoms with Gasteiger partial charge in [-0.2, -0.15) is 0 Å². The van der Waals surface area contributed by atoms with E-state index in [0.29, 0.717) is 19.5 Å². The predicted molar refractivity (Wildman–Crippen MR) is 126 cm³/mol. The molecule has 0 saturated carbocycles. The van der Waals surface area contributed by atoms with Gasteiger partial charge in [0.25, 0.3) is 0 Å². The summed E-state index contributed by atoms with van der Waals surface area (Å²) >= 11 is 0. The number of amides is 2. The molecule has 4 rings (SSSR count). The zero-order valence-corrected chi connectivity index (χ0v) is 19.4. The number of nitrogens with zero attached hydrogens (tertiary/aromatic N) is 4. The van der Waals surface area contributed by atoms with Crippen molar-refractivity contribution >= 4 is 22.8 Å². The van der Waals surface area contributed by atoms with Crippen molar-refractivity contribution in [2.24, 2.45) is 0 Å². The van der Waals surface area contributed by atoms with Crippen molar-refractivity contribution in [3.05, 3.63) is 66.0 Å². The topological polar surface area (TPSA) is 58.4 Å². The maximum Gasteiger partial charge on any atom is 0.243 e. The lowest BCUT2D eigenvalue weighted by atomic mass is 10.1. The highest BCUT2D eigenvalue weighted by atomic mass is 16.2. The lowest BCUT2D eigenvalue weighted by Crippen LogP contribution is -2.44. The lowest BCUT2D eigenvalue weighted by molar-refractivity contribution is -0.135. The fourth-order valence-electron chi connectivity index (χ4n) is 4.86. The Bertz CT molecular complexity index is 1100. The number of imidazole rings is 1. The number of benzene rings is 2. The van der Waals surface area contributed by atoms with Gasteiger partial charge in [0.2, 0.25) is 11.8 Å². The molecule has 1 aromatic heterocycles. The predicted octanol–water partition coefficient (Wildman–Crippen LogP) is 4.20. The Kier molecular flexibility index (Phi) is 6.31. The first-order chi connectivity index (χ1) is 15.3. The van der Waals surface area contributed by atoms with Crippen molar-refractivity contribution in [1.29, 1.82) is 0 Å². The minimum absolute atomic E-state index is 0.0297. The van der Waals surface area contributed by atoms with Gasteiger partial charge in [-0.05, 0) is 45.4 Å². The molecule has 0 radical (unpaired) electrons. The Morgan fingerprint density at radius 2 is 1.69 bits per heavy atom. The van der Waals surface area contributed by atoms with Gasteiger partial charge in [0.05, 0.1) is 11.0 Å². The molecule has 0 N–H and O–H groups in total. The molecular formula is C26H32N4O2. The molecule has 1 saturated heterocycles. The number of para-hydroxylation sites is 2. The molecule has 2 heterocycles. The van der Waals surface area contributed by atoms with Gasteiger partial charge in [0.15, 0.2) is 0 Å². The molecule has 0 bridgehead atoms. The smallest absolute Gasteiger partial charge is 0.243 e. The first-order valence-corrected chi connectivity index (χ1v) is 11.4. The van der Waals surface area contributed by atoms with Gasteiger partial charge in [-0.3, -0.25) is 9.59 Å². The number of hydrogen-bond acceptors (Lipinski definition) is 3. The van der Waals surface area contributed by atoms with Gasteiger partial charge in [0.1, 0.15) is 12.4 Å². The van der Waals surface area contributed by atoms with E-state index in [-0.39, 0.29) is 36.4 Å². The average molecular weight is 433 g/mol. The van der Waals surface area contributed by atoms with Crippen LogP contribution in [0.3, 0.4) is 0 Å². The van der Waals surface area contributed by atoms with E-state index in [1.54, 1.807) is 0 Å². The van der Waals surface area contributed by atoms with E-state index in [1.165, 1.54) is 0 Å². The third-order valence-corrected chi connectivity index (χ3v) is 6.17. The third kappa shape index (κ3) is 4.40. The summed E-state index contributed by atoms with van der Waals surface area (Å²) in [5, 5.41) is 0. The Morgan fingerprint density at radius 1 is 1.03 bits per heavy atom. The molecule has 1 aliphatic heterocycles. The number of rotatable bonds is 7. The number of carbonyl (C=O) groups excluding carboxylic acids is 2. The molecule has 0 aliphatic carbocycles. The maximum atomic E-state index is 13.3. The van der Waals surface area contributed by atoms with Crippen LogP contribution in [0.1, 0.15) is 51.4 Å². The van der Waals surface area contributed by atoms with Crippen molar-refractivity contribution in [2.75, 3.05) is 6.54 Å². The van der Waals surface area contributed by atoms with E-state index in [0.717, 1.165) is 22.4 Å². The lowest BCUT2D eigenvalue weighted by Gasteiger charge is -2.31. The molecule has 32 heavy (non-hydrogen) atoms. The molecule has 1 fully saturated rings. The molecule has 2 aromatic carbocycles. The Hall–Kier alpha value is -3.15. The highest BCUT2D eigenvalue weighted by Crippen LogP contribution is 2.31. The number of likely N-dealkylation sites (tertiary alicyclic amines) is 1. The molecule has 2 amide bonds. The largest absolute Gasteiger partial charge is 0.338 e. The summed E-state index contributed by atoms with van der Waals surface area (Å²) in [5.41, 5.74) is 2.93. The molecule has 168 valence electrons. The van der Waals surface area contributed by atoms with E-state index >= 15 is 0 Å². The van der Waals surface area contributed by atoms with Crippen LogP contribution in [0.25, 0.3) is 11.0 Å². The van der Waals surface area contributed by atoms with Crippen LogP contribution in [-0.4, -0.2) is 49.8 Å². The van der Waals surface area contributed by atoms with Crippen molar-refractivity contribution in [2.45, 2.75) is 65.2 Å². The van der Waals surface area contributed by atoms with E-state index in [4.69, 9.17) is 4.98 Å². The third-order valence-electron chi connectivity index (χ3n) is 6.17. The number of aromatic nitrogens is 2. The van der Waals surface area contributed by atoms with E-state index < -0.39 is 0 Å². The van der Waals surface area contributed by atoms with Gasteiger partial charge in [-0.1, -0.05) is 42.5 Å². The fourth-order valence-corrected chi connectivity index (χ4v) is 4.86. The quantitative estimate of drug-likeness (QED) is 0.562.